The fourth-order valence-electron chi connectivity index (χ4n) is 0.769. The average Bonchev–Trinajstić information content (AvgIpc) is 2.16. The third kappa shape index (κ3) is 3.04. The smallest absolute Gasteiger partial charge is 0.212 e. The fourth-order valence-corrected chi connectivity index (χ4v) is 1.45. The van der Waals surface area contributed by atoms with Crippen LogP contribution in [0.25, 0.3) is 0 Å². The number of hydrogen-bond donors (Lipinski definition) is 1. The van der Waals surface area contributed by atoms with Crippen molar-refractivity contribution in [3.8, 4) is 0 Å². The molecule has 14 heavy (non-hydrogen) atoms. The number of nitrogens with zero attached hydrogens (tertiary/aromatic N) is 2. The van der Waals surface area contributed by atoms with Gasteiger partial charge in [-0.25, -0.2) is 13.1 Å². The van der Waals surface area contributed by atoms with Crippen molar-refractivity contribution in [3.63, 3.8) is 0 Å². The topological polar surface area (TPSA) is 72.0 Å². The van der Waals surface area contributed by atoms with Crippen LogP contribution in [-0.4, -0.2) is 23.9 Å². The fraction of sp³-hybridized carbons (Fsp3) is 0.500. The van der Waals surface area contributed by atoms with Crippen LogP contribution in [0.1, 0.15) is 19.5 Å². The Kier molecular flexibility index (Phi) is 3.54. The van der Waals surface area contributed by atoms with Crippen molar-refractivity contribution in [2.24, 2.45) is 0 Å². The first kappa shape index (κ1) is 11.1. The number of nitrogens with one attached hydrogen (secondary N) is 1. The Balaban J connectivity index is 2.58. The molecule has 0 amide bonds. The molecule has 1 heterocycles. The molecule has 0 aliphatic rings. The standard InChI is InChI=1S/C8H13N3O2S/c1-7(2)14(12,13)10-6-8-4-3-5-9-11-8/h3-5,7,10H,6H2,1-2H3. The zero-order valence-corrected chi connectivity index (χ0v) is 8.95. The molecular weight excluding hydrogens is 202 g/mol. The van der Waals surface area contributed by atoms with Crippen LogP contribution < -0.4 is 4.72 Å². The van der Waals surface area contributed by atoms with Gasteiger partial charge in [0.2, 0.25) is 10.0 Å². The Morgan fingerprint density at radius 3 is 2.71 bits per heavy atom. The first-order chi connectivity index (χ1) is 6.52. The molecular formula is C8H13N3O2S. The van der Waals surface area contributed by atoms with Crippen LogP contribution in [0.15, 0.2) is 18.3 Å². The predicted octanol–water partition coefficient (Wildman–Crippen LogP) is 0.304. The molecule has 5 nitrogen and oxygen atoms in total. The van der Waals surface area contributed by atoms with E-state index in [1.807, 2.05) is 0 Å². The van der Waals surface area contributed by atoms with Gasteiger partial charge in [0.05, 0.1) is 17.5 Å². The highest BCUT2D eigenvalue weighted by Crippen LogP contribution is 1.98. The van der Waals surface area contributed by atoms with Gasteiger partial charge in [-0.2, -0.15) is 10.2 Å². The summed E-state index contributed by atoms with van der Waals surface area (Å²) in [6.07, 6.45) is 1.54. The highest BCUT2D eigenvalue weighted by molar-refractivity contribution is 7.90. The Labute approximate surface area is 83.6 Å². The summed E-state index contributed by atoms with van der Waals surface area (Å²) >= 11 is 0. The second-order valence-corrected chi connectivity index (χ2v) is 5.45. The lowest BCUT2D eigenvalue weighted by Crippen LogP contribution is -2.30. The van der Waals surface area contributed by atoms with E-state index in [0.29, 0.717) is 5.69 Å². The Bertz CT molecular complexity index is 375. The van der Waals surface area contributed by atoms with Crippen molar-refractivity contribution in [2.45, 2.75) is 25.6 Å². The molecule has 0 spiro atoms. The highest BCUT2D eigenvalue weighted by Gasteiger charge is 2.14. The van der Waals surface area contributed by atoms with E-state index in [1.54, 1.807) is 32.2 Å². The largest absolute Gasteiger partial charge is 0.214 e. The molecule has 1 N–H and O–H groups in total. The van der Waals surface area contributed by atoms with Gasteiger partial charge in [0.15, 0.2) is 0 Å². The van der Waals surface area contributed by atoms with Gasteiger partial charge < -0.3 is 0 Å². The van der Waals surface area contributed by atoms with E-state index in [-0.39, 0.29) is 6.54 Å². The van der Waals surface area contributed by atoms with Crippen molar-refractivity contribution in [3.05, 3.63) is 24.0 Å². The van der Waals surface area contributed by atoms with Crippen LogP contribution in [-0.2, 0) is 16.6 Å². The molecule has 0 radical (unpaired) electrons. The van der Waals surface area contributed by atoms with Crippen LogP contribution in [0, 0.1) is 0 Å². The molecule has 0 aliphatic heterocycles. The lowest BCUT2D eigenvalue weighted by atomic mass is 10.4. The minimum Gasteiger partial charge on any atom is -0.212 e. The van der Waals surface area contributed by atoms with Crippen LogP contribution in [0.5, 0.6) is 0 Å². The number of hydrogen-bond acceptors (Lipinski definition) is 4. The van der Waals surface area contributed by atoms with Gasteiger partial charge in [0, 0.05) is 6.20 Å². The molecule has 78 valence electrons. The molecule has 1 aromatic heterocycles. The summed E-state index contributed by atoms with van der Waals surface area (Å²) in [4.78, 5) is 0. The van der Waals surface area contributed by atoms with Gasteiger partial charge in [0.1, 0.15) is 0 Å². The summed E-state index contributed by atoms with van der Waals surface area (Å²) in [7, 11) is -3.21. The van der Waals surface area contributed by atoms with Gasteiger partial charge in [-0.1, -0.05) is 0 Å². The lowest BCUT2D eigenvalue weighted by molar-refractivity contribution is 0.571. The molecule has 1 rings (SSSR count). The zero-order chi connectivity index (χ0) is 10.6. The summed E-state index contributed by atoms with van der Waals surface area (Å²) < 4.78 is 25.1. The van der Waals surface area contributed by atoms with Crippen molar-refractivity contribution in [2.75, 3.05) is 0 Å². The summed E-state index contributed by atoms with van der Waals surface area (Å²) in [5.74, 6) is 0. The third-order valence-corrected chi connectivity index (χ3v) is 3.49. The van der Waals surface area contributed by atoms with Crippen molar-refractivity contribution in [1.82, 2.24) is 14.9 Å². The minimum atomic E-state index is -3.21. The summed E-state index contributed by atoms with van der Waals surface area (Å²) in [5.41, 5.74) is 0.608. The van der Waals surface area contributed by atoms with E-state index in [1.165, 1.54) is 0 Å². The summed E-state index contributed by atoms with van der Waals surface area (Å²) in [6, 6.07) is 3.43. The van der Waals surface area contributed by atoms with Crippen molar-refractivity contribution in [1.29, 1.82) is 0 Å². The molecule has 0 bridgehead atoms. The number of aromatic nitrogens is 2. The van der Waals surface area contributed by atoms with Crippen molar-refractivity contribution >= 4 is 10.0 Å². The normalized spacial score (nSPS) is 11.9. The maximum absolute atomic E-state index is 11.3. The highest BCUT2D eigenvalue weighted by atomic mass is 32.2. The number of rotatable bonds is 4. The zero-order valence-electron chi connectivity index (χ0n) is 8.14. The van der Waals surface area contributed by atoms with Gasteiger partial charge in [-0.05, 0) is 26.0 Å². The molecule has 0 saturated carbocycles. The SMILES string of the molecule is CC(C)S(=O)(=O)NCc1cccnn1. The Morgan fingerprint density at radius 2 is 2.21 bits per heavy atom. The maximum Gasteiger partial charge on any atom is 0.214 e. The van der Waals surface area contributed by atoms with Gasteiger partial charge in [-0.15, -0.1) is 0 Å². The van der Waals surface area contributed by atoms with Crippen LogP contribution in [0.4, 0.5) is 0 Å². The Morgan fingerprint density at radius 1 is 1.50 bits per heavy atom. The predicted molar refractivity (Wildman–Crippen MR) is 52.9 cm³/mol. The first-order valence-electron chi connectivity index (χ1n) is 4.27. The molecule has 0 aliphatic carbocycles. The molecule has 6 heteroatoms. The molecule has 0 atom stereocenters. The van der Waals surface area contributed by atoms with E-state index in [9.17, 15) is 8.42 Å². The van der Waals surface area contributed by atoms with Crippen molar-refractivity contribution < 1.29 is 8.42 Å². The van der Waals surface area contributed by atoms with E-state index in [4.69, 9.17) is 0 Å². The summed E-state index contributed by atoms with van der Waals surface area (Å²) in [5, 5.41) is 6.98. The summed E-state index contributed by atoms with van der Waals surface area (Å²) in [6.45, 7) is 3.44. The first-order valence-corrected chi connectivity index (χ1v) is 5.82. The van der Waals surface area contributed by atoms with Gasteiger partial charge >= 0.3 is 0 Å². The molecule has 0 fully saturated rings. The van der Waals surface area contributed by atoms with Crippen LogP contribution >= 0.6 is 0 Å². The maximum atomic E-state index is 11.3. The van der Waals surface area contributed by atoms with Gasteiger partial charge in [-0.3, -0.25) is 0 Å². The lowest BCUT2D eigenvalue weighted by Gasteiger charge is -2.08. The quantitative estimate of drug-likeness (QED) is 0.784. The Hall–Kier alpha value is -1.01. The molecule has 1 aromatic rings. The van der Waals surface area contributed by atoms with Crippen LogP contribution in [0.3, 0.4) is 0 Å². The van der Waals surface area contributed by atoms with E-state index >= 15 is 0 Å². The average molecular weight is 215 g/mol. The molecule has 0 unspecified atom stereocenters. The minimum absolute atomic E-state index is 0.189. The second kappa shape index (κ2) is 4.47. The van der Waals surface area contributed by atoms with Gasteiger partial charge in [0.25, 0.3) is 0 Å². The van der Waals surface area contributed by atoms with Crippen LogP contribution in [0.2, 0.25) is 0 Å². The van der Waals surface area contributed by atoms with E-state index in [2.05, 4.69) is 14.9 Å². The number of sulfonamides is 1. The second-order valence-electron chi connectivity index (χ2n) is 3.13. The monoisotopic (exact) mass is 215 g/mol. The van der Waals surface area contributed by atoms with E-state index in [0.717, 1.165) is 0 Å². The van der Waals surface area contributed by atoms with E-state index < -0.39 is 15.3 Å². The molecule has 0 saturated heterocycles. The third-order valence-electron chi connectivity index (χ3n) is 1.70. The molecule has 0 aromatic carbocycles.